The van der Waals surface area contributed by atoms with Crippen molar-refractivity contribution in [1.29, 1.82) is 0 Å². The minimum Gasteiger partial charge on any atom is -0.475 e. The second-order valence-corrected chi connectivity index (χ2v) is 6.36. The van der Waals surface area contributed by atoms with E-state index in [-0.39, 0.29) is 22.8 Å². The van der Waals surface area contributed by atoms with Crippen molar-refractivity contribution in [2.75, 3.05) is 7.05 Å². The lowest BCUT2D eigenvalue weighted by Crippen LogP contribution is -2.38. The van der Waals surface area contributed by atoms with Crippen LogP contribution in [-0.4, -0.2) is 36.9 Å². The number of rotatable bonds is 5. The first-order valence-electron chi connectivity index (χ1n) is 5.49. The molecule has 1 unspecified atom stereocenters. The maximum Gasteiger partial charge on any atom is 0.371 e. The van der Waals surface area contributed by atoms with E-state index in [1.54, 1.807) is 6.92 Å². The summed E-state index contributed by atoms with van der Waals surface area (Å²) in [4.78, 5) is 10.7. The Labute approximate surface area is 106 Å². The van der Waals surface area contributed by atoms with E-state index in [9.17, 15) is 13.2 Å². The summed E-state index contributed by atoms with van der Waals surface area (Å²) < 4.78 is 30.3. The molecular weight excluding hydrogens is 258 g/mol. The van der Waals surface area contributed by atoms with Gasteiger partial charge in [0.15, 0.2) is 0 Å². The Kier molecular flexibility index (Phi) is 4.18. The van der Waals surface area contributed by atoms with E-state index in [4.69, 9.17) is 9.52 Å². The van der Waals surface area contributed by atoms with E-state index >= 15 is 0 Å². The highest BCUT2D eigenvalue weighted by Crippen LogP contribution is 2.21. The highest BCUT2D eigenvalue weighted by molar-refractivity contribution is 7.89. The first-order valence-corrected chi connectivity index (χ1v) is 6.93. The predicted molar refractivity (Wildman–Crippen MR) is 64.9 cm³/mol. The van der Waals surface area contributed by atoms with Crippen molar-refractivity contribution in [3.63, 3.8) is 0 Å². The smallest absolute Gasteiger partial charge is 0.371 e. The van der Waals surface area contributed by atoms with Gasteiger partial charge in [-0.15, -0.1) is 0 Å². The molecule has 0 radical (unpaired) electrons. The molecule has 0 spiro atoms. The fourth-order valence-electron chi connectivity index (χ4n) is 1.35. The molecule has 1 aromatic heterocycles. The van der Waals surface area contributed by atoms with E-state index in [2.05, 4.69) is 0 Å². The molecule has 7 heteroatoms. The lowest BCUT2D eigenvalue weighted by molar-refractivity contribution is 0.0656. The molecule has 6 nitrogen and oxygen atoms in total. The zero-order valence-electron chi connectivity index (χ0n) is 10.7. The van der Waals surface area contributed by atoms with Gasteiger partial charge < -0.3 is 9.52 Å². The first kappa shape index (κ1) is 14.7. The number of carboxylic acids is 1. The summed E-state index contributed by atoms with van der Waals surface area (Å²) in [6, 6.07) is 2.07. The van der Waals surface area contributed by atoms with Gasteiger partial charge in [-0.3, -0.25) is 0 Å². The van der Waals surface area contributed by atoms with Crippen molar-refractivity contribution in [2.45, 2.75) is 31.9 Å². The largest absolute Gasteiger partial charge is 0.475 e. The number of carboxylic acid groups (broad SMARTS) is 1. The molecule has 0 fully saturated rings. The van der Waals surface area contributed by atoms with Crippen LogP contribution in [-0.2, 0) is 10.0 Å². The normalized spacial score (nSPS) is 14.1. The van der Waals surface area contributed by atoms with E-state index in [0.717, 1.165) is 12.1 Å². The maximum atomic E-state index is 12.2. The van der Waals surface area contributed by atoms with Crippen molar-refractivity contribution >= 4 is 16.0 Å². The Morgan fingerprint density at radius 2 is 1.89 bits per heavy atom. The Balaban J connectivity index is 3.09. The molecule has 18 heavy (non-hydrogen) atoms. The van der Waals surface area contributed by atoms with Gasteiger partial charge in [-0.2, -0.15) is 4.31 Å². The van der Waals surface area contributed by atoms with Crippen LogP contribution in [0.2, 0.25) is 0 Å². The number of sulfonamides is 1. The van der Waals surface area contributed by atoms with E-state index in [0.29, 0.717) is 0 Å². The van der Waals surface area contributed by atoms with Crippen LogP contribution in [0.1, 0.15) is 31.3 Å². The number of aromatic carboxylic acids is 1. The van der Waals surface area contributed by atoms with Crippen molar-refractivity contribution in [1.82, 2.24) is 4.31 Å². The standard InChI is InChI=1S/C11H17NO5S/c1-7(2)8(3)12(4)18(15,16)10-6-5-9(17-10)11(13)14/h5-8H,1-4H3,(H,13,14). The molecule has 0 aliphatic heterocycles. The van der Waals surface area contributed by atoms with Gasteiger partial charge in [0.05, 0.1) is 0 Å². The molecule has 1 heterocycles. The van der Waals surface area contributed by atoms with Crippen molar-refractivity contribution < 1.29 is 22.7 Å². The number of carbonyl (C=O) groups is 1. The summed E-state index contributed by atoms with van der Waals surface area (Å²) in [6.07, 6.45) is 0. The van der Waals surface area contributed by atoms with Gasteiger partial charge in [0.25, 0.3) is 10.0 Å². The molecule has 1 rings (SSSR count). The van der Waals surface area contributed by atoms with Gasteiger partial charge in [0.1, 0.15) is 0 Å². The number of hydrogen-bond acceptors (Lipinski definition) is 4. The molecule has 0 amide bonds. The predicted octanol–water partition coefficient (Wildman–Crippen LogP) is 1.64. The molecule has 0 aliphatic rings. The fraction of sp³-hybridized carbons (Fsp3) is 0.545. The second kappa shape index (κ2) is 5.11. The summed E-state index contributed by atoms with van der Waals surface area (Å²) in [5.74, 6) is -1.55. The van der Waals surface area contributed by atoms with Crippen molar-refractivity contribution in [2.24, 2.45) is 5.92 Å². The maximum absolute atomic E-state index is 12.2. The van der Waals surface area contributed by atoms with E-state index in [1.165, 1.54) is 11.4 Å². The highest BCUT2D eigenvalue weighted by atomic mass is 32.2. The highest BCUT2D eigenvalue weighted by Gasteiger charge is 2.30. The molecule has 1 N–H and O–H groups in total. The third-order valence-corrected chi connectivity index (χ3v) is 4.78. The number of nitrogens with zero attached hydrogens (tertiary/aromatic N) is 1. The van der Waals surface area contributed by atoms with Gasteiger partial charge in [0.2, 0.25) is 10.9 Å². The lowest BCUT2D eigenvalue weighted by atomic mass is 10.1. The molecule has 0 aliphatic carbocycles. The molecule has 102 valence electrons. The lowest BCUT2D eigenvalue weighted by Gasteiger charge is -2.25. The van der Waals surface area contributed by atoms with Crippen LogP contribution in [0.25, 0.3) is 0 Å². The quantitative estimate of drug-likeness (QED) is 0.882. The molecule has 1 atom stereocenters. The summed E-state index contributed by atoms with van der Waals surface area (Å²) in [5, 5.41) is 8.35. The van der Waals surface area contributed by atoms with Crippen LogP contribution in [0.3, 0.4) is 0 Å². The average Bonchev–Trinajstić information content (AvgIpc) is 2.76. The number of furan rings is 1. The van der Waals surface area contributed by atoms with Gasteiger partial charge in [-0.05, 0) is 25.0 Å². The molecule has 0 bridgehead atoms. The summed E-state index contributed by atoms with van der Waals surface area (Å²) in [6.45, 7) is 5.59. The van der Waals surface area contributed by atoms with Gasteiger partial charge >= 0.3 is 5.97 Å². The third-order valence-electron chi connectivity index (χ3n) is 2.96. The average molecular weight is 275 g/mol. The topological polar surface area (TPSA) is 87.8 Å². The minimum atomic E-state index is -3.79. The first-order chi connectivity index (χ1) is 8.17. The Morgan fingerprint density at radius 3 is 2.28 bits per heavy atom. The van der Waals surface area contributed by atoms with Crippen LogP contribution in [0.5, 0.6) is 0 Å². The summed E-state index contributed by atoms with van der Waals surface area (Å²) in [7, 11) is -2.35. The van der Waals surface area contributed by atoms with Crippen LogP contribution in [0.4, 0.5) is 0 Å². The van der Waals surface area contributed by atoms with Gasteiger partial charge in [0, 0.05) is 13.1 Å². The van der Waals surface area contributed by atoms with E-state index < -0.39 is 16.0 Å². The minimum absolute atomic E-state index is 0.138. The van der Waals surface area contributed by atoms with E-state index in [1.807, 2.05) is 13.8 Å². The molecule has 1 aromatic rings. The van der Waals surface area contributed by atoms with Crippen LogP contribution >= 0.6 is 0 Å². The monoisotopic (exact) mass is 275 g/mol. The molecule has 0 saturated carbocycles. The summed E-state index contributed by atoms with van der Waals surface area (Å²) in [5.41, 5.74) is 0. The zero-order valence-corrected chi connectivity index (χ0v) is 11.6. The van der Waals surface area contributed by atoms with Crippen LogP contribution in [0, 0.1) is 5.92 Å². The zero-order chi connectivity index (χ0) is 14.1. The number of hydrogen-bond donors (Lipinski definition) is 1. The van der Waals surface area contributed by atoms with Crippen molar-refractivity contribution in [3.05, 3.63) is 17.9 Å². The Morgan fingerprint density at radius 1 is 1.33 bits per heavy atom. The Hall–Kier alpha value is -1.34. The molecule has 0 aromatic carbocycles. The van der Waals surface area contributed by atoms with Crippen molar-refractivity contribution in [3.8, 4) is 0 Å². The van der Waals surface area contributed by atoms with Gasteiger partial charge in [-0.25, -0.2) is 13.2 Å². The van der Waals surface area contributed by atoms with Crippen LogP contribution in [0.15, 0.2) is 21.6 Å². The summed E-state index contributed by atoms with van der Waals surface area (Å²) >= 11 is 0. The molecule has 0 saturated heterocycles. The Bertz CT molecular complexity index is 531. The fourth-order valence-corrected chi connectivity index (χ4v) is 2.75. The van der Waals surface area contributed by atoms with Gasteiger partial charge in [-0.1, -0.05) is 13.8 Å². The third kappa shape index (κ3) is 2.73. The van der Waals surface area contributed by atoms with Crippen LogP contribution < -0.4 is 0 Å². The second-order valence-electron chi connectivity index (χ2n) is 4.43. The molecular formula is C11H17NO5S. The SMILES string of the molecule is CC(C)C(C)N(C)S(=O)(=O)c1ccc(C(=O)O)o1.